The largest absolute Gasteiger partial charge is 0.376 e. The van der Waals surface area contributed by atoms with Gasteiger partial charge in [-0.1, -0.05) is 18.2 Å². The molecule has 3 aromatic rings. The second-order valence-corrected chi connectivity index (χ2v) is 5.45. The molecule has 6 heteroatoms. The van der Waals surface area contributed by atoms with Crippen LogP contribution in [0.15, 0.2) is 48.9 Å². The predicted octanol–water partition coefficient (Wildman–Crippen LogP) is 2.35. The number of fused-ring (bicyclic) bond motifs is 1. The molecule has 0 fully saturated rings. The molecule has 0 radical (unpaired) electrons. The minimum absolute atomic E-state index is 0.564. The van der Waals surface area contributed by atoms with Crippen LogP contribution in [-0.4, -0.2) is 26.4 Å². The van der Waals surface area contributed by atoms with Crippen molar-refractivity contribution in [3.8, 4) is 5.95 Å². The highest BCUT2D eigenvalue weighted by Gasteiger charge is 2.10. The van der Waals surface area contributed by atoms with Crippen molar-refractivity contribution in [1.29, 1.82) is 0 Å². The Morgan fingerprint density at radius 2 is 2.04 bits per heavy atom. The van der Waals surface area contributed by atoms with Gasteiger partial charge < -0.3 is 10.1 Å². The average molecular weight is 307 g/mol. The summed E-state index contributed by atoms with van der Waals surface area (Å²) in [5.41, 5.74) is 3.93. The summed E-state index contributed by atoms with van der Waals surface area (Å²) >= 11 is 0. The number of aromatic nitrogens is 4. The maximum Gasteiger partial charge on any atom is 0.250 e. The zero-order valence-corrected chi connectivity index (χ0v) is 12.6. The molecule has 1 aliphatic heterocycles. The molecule has 0 spiro atoms. The third-order valence-electron chi connectivity index (χ3n) is 3.86. The quantitative estimate of drug-likeness (QED) is 0.801. The molecule has 1 aliphatic rings. The Labute approximate surface area is 134 Å². The zero-order valence-electron chi connectivity index (χ0n) is 12.6. The molecule has 116 valence electrons. The van der Waals surface area contributed by atoms with E-state index in [0.717, 1.165) is 32.0 Å². The van der Waals surface area contributed by atoms with Crippen molar-refractivity contribution in [2.45, 2.75) is 19.6 Å². The first-order valence-electron chi connectivity index (χ1n) is 7.64. The van der Waals surface area contributed by atoms with Crippen molar-refractivity contribution < 1.29 is 4.74 Å². The maximum absolute atomic E-state index is 5.47. The Balaban J connectivity index is 1.44. The maximum atomic E-state index is 5.47. The zero-order chi connectivity index (χ0) is 15.5. The van der Waals surface area contributed by atoms with Gasteiger partial charge in [0.2, 0.25) is 5.95 Å². The van der Waals surface area contributed by atoms with E-state index < -0.39 is 0 Å². The van der Waals surface area contributed by atoms with E-state index in [0.29, 0.717) is 5.95 Å². The van der Waals surface area contributed by atoms with Crippen LogP contribution in [0.2, 0.25) is 0 Å². The van der Waals surface area contributed by atoms with Crippen LogP contribution in [-0.2, 0) is 24.3 Å². The molecule has 0 atom stereocenters. The van der Waals surface area contributed by atoms with Gasteiger partial charge in [0.05, 0.1) is 13.2 Å². The molecule has 0 bridgehead atoms. The van der Waals surface area contributed by atoms with E-state index in [4.69, 9.17) is 4.74 Å². The van der Waals surface area contributed by atoms with Gasteiger partial charge in [0, 0.05) is 31.2 Å². The smallest absolute Gasteiger partial charge is 0.250 e. The van der Waals surface area contributed by atoms with Crippen molar-refractivity contribution in [3.05, 3.63) is 65.6 Å². The Morgan fingerprint density at radius 3 is 2.96 bits per heavy atom. The number of anilines is 1. The lowest BCUT2D eigenvalue weighted by Gasteiger charge is -2.17. The summed E-state index contributed by atoms with van der Waals surface area (Å²) < 4.78 is 7.13. The van der Waals surface area contributed by atoms with Gasteiger partial charge >= 0.3 is 0 Å². The van der Waals surface area contributed by atoms with E-state index in [1.165, 1.54) is 16.7 Å². The van der Waals surface area contributed by atoms with Gasteiger partial charge in [-0.15, -0.1) is 5.10 Å². The van der Waals surface area contributed by atoms with Crippen molar-refractivity contribution in [2.75, 3.05) is 11.9 Å². The topological polar surface area (TPSA) is 64.9 Å². The monoisotopic (exact) mass is 307 g/mol. The number of nitrogens with one attached hydrogen (secondary N) is 1. The van der Waals surface area contributed by atoms with E-state index in [2.05, 4.69) is 38.6 Å². The van der Waals surface area contributed by atoms with Crippen LogP contribution in [0, 0.1) is 0 Å². The average Bonchev–Trinajstić information content (AvgIpc) is 3.10. The Morgan fingerprint density at radius 1 is 1.13 bits per heavy atom. The fourth-order valence-electron chi connectivity index (χ4n) is 2.66. The van der Waals surface area contributed by atoms with Crippen molar-refractivity contribution >= 4 is 5.82 Å². The molecule has 0 saturated heterocycles. The Hall–Kier alpha value is -2.73. The Bertz CT molecular complexity index is 800. The molecular formula is C17H17N5O. The normalized spacial score (nSPS) is 13.6. The van der Waals surface area contributed by atoms with Crippen LogP contribution in [0.25, 0.3) is 5.95 Å². The van der Waals surface area contributed by atoms with E-state index in [-0.39, 0.29) is 0 Å². The van der Waals surface area contributed by atoms with Gasteiger partial charge in [-0.3, -0.25) is 0 Å². The molecule has 2 aromatic heterocycles. The van der Waals surface area contributed by atoms with Gasteiger partial charge in [-0.25, -0.2) is 14.6 Å². The van der Waals surface area contributed by atoms with E-state index in [1.807, 2.05) is 12.3 Å². The van der Waals surface area contributed by atoms with Crippen LogP contribution < -0.4 is 5.32 Å². The van der Waals surface area contributed by atoms with E-state index in [1.54, 1.807) is 23.1 Å². The first-order chi connectivity index (χ1) is 11.4. The molecule has 3 heterocycles. The lowest BCUT2D eigenvalue weighted by Crippen LogP contribution is -2.11. The van der Waals surface area contributed by atoms with Gasteiger partial charge in [-0.2, -0.15) is 0 Å². The fraction of sp³-hybridized carbons (Fsp3) is 0.235. The lowest BCUT2D eigenvalue weighted by molar-refractivity contribution is 0.110. The van der Waals surface area contributed by atoms with Gasteiger partial charge in [-0.05, 0) is 29.2 Å². The lowest BCUT2D eigenvalue weighted by atomic mass is 10.0. The molecule has 1 N–H and O–H groups in total. The van der Waals surface area contributed by atoms with Crippen molar-refractivity contribution in [1.82, 2.24) is 19.7 Å². The number of benzene rings is 1. The molecular weight excluding hydrogens is 290 g/mol. The summed E-state index contributed by atoms with van der Waals surface area (Å²) in [7, 11) is 0. The van der Waals surface area contributed by atoms with E-state index in [9.17, 15) is 0 Å². The first kappa shape index (κ1) is 13.9. The van der Waals surface area contributed by atoms with Crippen LogP contribution in [0.4, 0.5) is 5.82 Å². The number of hydrogen-bond donors (Lipinski definition) is 1. The second kappa shape index (κ2) is 6.18. The van der Waals surface area contributed by atoms with Gasteiger partial charge in [0.25, 0.3) is 0 Å². The SMILES string of the molecule is c1cnc(-n2ccc(NCc3ccc4c(c3)CCOC4)n2)nc1. The summed E-state index contributed by atoms with van der Waals surface area (Å²) in [4.78, 5) is 8.36. The third kappa shape index (κ3) is 3.07. The molecule has 23 heavy (non-hydrogen) atoms. The molecule has 0 unspecified atom stereocenters. The Kier molecular flexibility index (Phi) is 3.73. The minimum Gasteiger partial charge on any atom is -0.376 e. The summed E-state index contributed by atoms with van der Waals surface area (Å²) in [5.74, 6) is 1.37. The summed E-state index contributed by atoms with van der Waals surface area (Å²) in [5, 5.41) is 7.78. The third-order valence-corrected chi connectivity index (χ3v) is 3.86. The number of hydrogen-bond acceptors (Lipinski definition) is 5. The predicted molar refractivity (Wildman–Crippen MR) is 86.3 cm³/mol. The van der Waals surface area contributed by atoms with Crippen LogP contribution >= 0.6 is 0 Å². The first-order valence-corrected chi connectivity index (χ1v) is 7.64. The van der Waals surface area contributed by atoms with Crippen molar-refractivity contribution in [2.24, 2.45) is 0 Å². The fourth-order valence-corrected chi connectivity index (χ4v) is 2.66. The molecule has 0 amide bonds. The van der Waals surface area contributed by atoms with Gasteiger partial charge in [0.1, 0.15) is 5.82 Å². The van der Waals surface area contributed by atoms with Crippen LogP contribution in [0.3, 0.4) is 0 Å². The van der Waals surface area contributed by atoms with Gasteiger partial charge in [0.15, 0.2) is 0 Å². The molecule has 0 saturated carbocycles. The number of nitrogens with zero attached hydrogens (tertiary/aromatic N) is 4. The van der Waals surface area contributed by atoms with Crippen LogP contribution in [0.5, 0.6) is 0 Å². The highest BCUT2D eigenvalue weighted by molar-refractivity contribution is 5.38. The number of ether oxygens (including phenoxy) is 1. The molecule has 0 aliphatic carbocycles. The summed E-state index contributed by atoms with van der Waals surface area (Å²) in [6.45, 7) is 2.27. The second-order valence-electron chi connectivity index (χ2n) is 5.45. The summed E-state index contributed by atoms with van der Waals surface area (Å²) in [6, 6.07) is 10.2. The van der Waals surface area contributed by atoms with Crippen LogP contribution in [0.1, 0.15) is 16.7 Å². The number of rotatable bonds is 4. The highest BCUT2D eigenvalue weighted by Crippen LogP contribution is 2.19. The molecule has 1 aromatic carbocycles. The minimum atomic E-state index is 0.564. The summed E-state index contributed by atoms with van der Waals surface area (Å²) in [6.07, 6.45) is 6.24. The standard InChI is InChI=1S/C17H17N5O/c1-6-18-17(19-7-1)22-8-4-16(21-22)20-11-13-2-3-15-12-23-9-5-14(15)10-13/h1-4,6-8,10H,5,9,11-12H2,(H,20,21). The highest BCUT2D eigenvalue weighted by atomic mass is 16.5. The molecule has 4 rings (SSSR count). The van der Waals surface area contributed by atoms with E-state index >= 15 is 0 Å². The molecule has 6 nitrogen and oxygen atoms in total. The van der Waals surface area contributed by atoms with Crippen molar-refractivity contribution in [3.63, 3.8) is 0 Å².